The Labute approximate surface area is 328 Å². The van der Waals surface area contributed by atoms with Gasteiger partial charge in [-0.05, 0) is 104 Å². The van der Waals surface area contributed by atoms with E-state index in [9.17, 15) is 0 Å². The summed E-state index contributed by atoms with van der Waals surface area (Å²) in [7, 11) is 0. The summed E-state index contributed by atoms with van der Waals surface area (Å²) in [6, 6.07) is 38.9. The zero-order valence-corrected chi connectivity index (χ0v) is 34.1. The molecule has 4 nitrogen and oxygen atoms in total. The van der Waals surface area contributed by atoms with Crippen LogP contribution in [0.15, 0.2) is 112 Å². The largest absolute Gasteiger partial charge is 0.454 e. The van der Waals surface area contributed by atoms with Crippen molar-refractivity contribution in [3.05, 3.63) is 125 Å². The van der Waals surface area contributed by atoms with Crippen LogP contribution in [-0.2, 0) is 16.2 Å². The molecule has 56 heavy (non-hydrogen) atoms. The summed E-state index contributed by atoms with van der Waals surface area (Å²) in [6.45, 7) is 23.0. The fourth-order valence-electron chi connectivity index (χ4n) is 9.70. The van der Waals surface area contributed by atoms with E-state index in [1.807, 2.05) is 0 Å². The highest BCUT2D eigenvalue weighted by Gasteiger charge is 2.44. The Bertz CT molecular complexity index is 3170. The lowest BCUT2D eigenvalue weighted by Gasteiger charge is -2.41. The molecule has 0 fully saturated rings. The van der Waals surface area contributed by atoms with Crippen LogP contribution in [-0.4, -0.2) is 11.3 Å². The van der Waals surface area contributed by atoms with Gasteiger partial charge >= 0.3 is 0 Å². The van der Waals surface area contributed by atoms with Gasteiger partial charge in [-0.2, -0.15) is 0 Å². The van der Waals surface area contributed by atoms with Gasteiger partial charge in [-0.3, -0.25) is 4.57 Å². The lowest BCUT2D eigenvalue weighted by atomic mass is 9.33. The molecule has 276 valence electrons. The van der Waals surface area contributed by atoms with Crippen molar-refractivity contribution in [1.29, 1.82) is 0 Å². The molecular weight excluding hydrogens is 683 g/mol. The molecule has 6 aromatic carbocycles. The van der Waals surface area contributed by atoms with Crippen LogP contribution in [0.3, 0.4) is 0 Å². The Morgan fingerprint density at radius 3 is 1.96 bits per heavy atom. The molecule has 0 saturated heterocycles. The van der Waals surface area contributed by atoms with E-state index in [1.165, 1.54) is 72.0 Å². The van der Waals surface area contributed by atoms with Gasteiger partial charge in [0, 0.05) is 38.6 Å². The van der Waals surface area contributed by atoms with Crippen LogP contribution < -0.4 is 21.3 Å². The predicted octanol–water partition coefficient (Wildman–Crippen LogP) is 12.2. The number of hydrogen-bond acceptors (Lipinski definition) is 3. The number of fused-ring (bicyclic) bond motifs is 12. The zero-order valence-electron chi connectivity index (χ0n) is 34.1. The van der Waals surface area contributed by atoms with E-state index in [1.54, 1.807) is 0 Å². The minimum atomic E-state index is -0.0571. The second-order valence-corrected chi connectivity index (χ2v) is 19.6. The van der Waals surface area contributed by atoms with Crippen LogP contribution in [0.2, 0.25) is 0 Å². The standard InChI is InChI=1S/C51H47BN2O2/c1-28-22-40-45-41(23-28)54-46-35(44-34-14-11-12-17-42(34)56-48(44)54)24-31(51(8,9)10)25-37(46)52(45)36-21-19-29(49(2,3)4)26-39(36)53(40)38-16-13-15-33-32-20-18-30(50(5,6)7)27-43(32)55-47(33)38/h11-27H,1-10H3. The van der Waals surface area contributed by atoms with Crippen molar-refractivity contribution in [2.45, 2.75) is 85.5 Å². The van der Waals surface area contributed by atoms with Crippen molar-refractivity contribution < 1.29 is 8.83 Å². The molecule has 2 aliphatic heterocycles. The molecule has 0 N–H and O–H groups in total. The Kier molecular flexibility index (Phi) is 6.48. The summed E-state index contributed by atoms with van der Waals surface area (Å²) < 4.78 is 16.3. The molecule has 0 atom stereocenters. The lowest BCUT2D eigenvalue weighted by molar-refractivity contribution is 0.587. The van der Waals surface area contributed by atoms with Gasteiger partial charge in [0.05, 0.1) is 16.6 Å². The summed E-state index contributed by atoms with van der Waals surface area (Å²) in [5, 5.41) is 5.89. The topological polar surface area (TPSA) is 34.5 Å². The van der Waals surface area contributed by atoms with Gasteiger partial charge in [0.25, 0.3) is 6.71 Å². The van der Waals surface area contributed by atoms with Crippen LogP contribution in [0.25, 0.3) is 60.6 Å². The minimum Gasteiger partial charge on any atom is -0.454 e. The van der Waals surface area contributed by atoms with Crippen molar-refractivity contribution in [3.8, 4) is 5.69 Å². The van der Waals surface area contributed by atoms with Gasteiger partial charge in [-0.15, -0.1) is 0 Å². The van der Waals surface area contributed by atoms with E-state index in [4.69, 9.17) is 8.83 Å². The van der Waals surface area contributed by atoms with Gasteiger partial charge in [-0.25, -0.2) is 0 Å². The van der Waals surface area contributed by atoms with Crippen molar-refractivity contribution >= 4 is 95.1 Å². The number of aromatic nitrogens is 1. The normalized spacial score (nSPS) is 14.2. The summed E-state index contributed by atoms with van der Waals surface area (Å²) in [5.41, 5.74) is 18.5. The smallest absolute Gasteiger partial charge is 0.252 e. The van der Waals surface area contributed by atoms with Crippen molar-refractivity contribution in [2.24, 2.45) is 0 Å². The van der Waals surface area contributed by atoms with Crippen LogP contribution in [0.5, 0.6) is 0 Å². The number of nitrogens with zero attached hydrogens (tertiary/aromatic N) is 2. The highest BCUT2D eigenvalue weighted by molar-refractivity contribution is 7.00. The minimum absolute atomic E-state index is 0.0130. The number of anilines is 3. The fraction of sp³-hybridized carbons (Fsp3) is 0.255. The van der Waals surface area contributed by atoms with E-state index >= 15 is 0 Å². The summed E-state index contributed by atoms with van der Waals surface area (Å²) in [4.78, 5) is 2.51. The molecule has 5 heterocycles. The van der Waals surface area contributed by atoms with E-state index in [2.05, 4.69) is 182 Å². The first-order valence-electron chi connectivity index (χ1n) is 20.1. The summed E-state index contributed by atoms with van der Waals surface area (Å²) in [6.07, 6.45) is 0. The maximum Gasteiger partial charge on any atom is 0.252 e. The summed E-state index contributed by atoms with van der Waals surface area (Å²) in [5.74, 6) is 0. The SMILES string of the molecule is Cc1cc2c3c(c1)-n1c4oc5ccccc5c4c4cc(C(C)(C)C)cc(c41)B3c1ccc(C(C)(C)C)cc1N2c1cccc2c1oc1cc(C(C)(C)C)ccc12. The number of furan rings is 2. The van der Waals surface area contributed by atoms with E-state index in [-0.39, 0.29) is 23.0 Å². The molecule has 11 rings (SSSR count). The first-order chi connectivity index (χ1) is 26.6. The Balaban J connectivity index is 1.29. The fourth-order valence-corrected chi connectivity index (χ4v) is 9.70. The second kappa shape index (κ2) is 10.8. The molecule has 3 aromatic heterocycles. The van der Waals surface area contributed by atoms with Crippen LogP contribution in [0, 0.1) is 6.92 Å². The van der Waals surface area contributed by atoms with Gasteiger partial charge in [0.1, 0.15) is 11.2 Å². The molecule has 9 aromatic rings. The van der Waals surface area contributed by atoms with Gasteiger partial charge in [-0.1, -0.05) is 123 Å². The van der Waals surface area contributed by atoms with Crippen molar-refractivity contribution in [3.63, 3.8) is 0 Å². The number of hydrogen-bond donors (Lipinski definition) is 0. The zero-order chi connectivity index (χ0) is 38.8. The molecule has 0 spiro atoms. The van der Waals surface area contributed by atoms with Gasteiger partial charge in [0.2, 0.25) is 5.71 Å². The molecule has 2 aliphatic rings. The quantitative estimate of drug-likeness (QED) is 0.158. The maximum absolute atomic E-state index is 7.00. The van der Waals surface area contributed by atoms with E-state index in [0.29, 0.717) is 0 Å². The molecule has 0 aliphatic carbocycles. The third kappa shape index (κ3) is 4.49. The van der Waals surface area contributed by atoms with Crippen molar-refractivity contribution in [1.82, 2.24) is 4.57 Å². The van der Waals surface area contributed by atoms with Crippen molar-refractivity contribution in [2.75, 3.05) is 4.90 Å². The molecule has 0 unspecified atom stereocenters. The van der Waals surface area contributed by atoms with E-state index < -0.39 is 0 Å². The van der Waals surface area contributed by atoms with Gasteiger partial charge in [0.15, 0.2) is 5.58 Å². The molecule has 0 radical (unpaired) electrons. The first kappa shape index (κ1) is 33.6. The molecule has 5 heteroatoms. The highest BCUT2D eigenvalue weighted by Crippen LogP contribution is 2.48. The maximum atomic E-state index is 7.00. The molecule has 0 amide bonds. The van der Waals surface area contributed by atoms with E-state index in [0.717, 1.165) is 44.3 Å². The third-order valence-electron chi connectivity index (χ3n) is 12.7. The Morgan fingerprint density at radius 1 is 0.500 bits per heavy atom. The number of rotatable bonds is 1. The van der Waals surface area contributed by atoms with Crippen LogP contribution in [0.4, 0.5) is 17.1 Å². The first-order valence-corrected chi connectivity index (χ1v) is 20.1. The average molecular weight is 731 g/mol. The molecular formula is C51H47BN2O2. The number of aryl methyl sites for hydroxylation is 1. The number of benzene rings is 6. The van der Waals surface area contributed by atoms with Crippen LogP contribution in [0.1, 0.15) is 84.6 Å². The van der Waals surface area contributed by atoms with Gasteiger partial charge < -0.3 is 13.7 Å². The molecule has 0 bridgehead atoms. The highest BCUT2D eigenvalue weighted by atomic mass is 16.3. The number of para-hydroxylation sites is 2. The Hall–Kier alpha value is -5.68. The summed E-state index contributed by atoms with van der Waals surface area (Å²) >= 11 is 0. The lowest BCUT2D eigenvalue weighted by Crippen LogP contribution is -2.60. The van der Waals surface area contributed by atoms with Crippen LogP contribution >= 0.6 is 0 Å². The molecule has 0 saturated carbocycles. The third-order valence-corrected chi connectivity index (χ3v) is 12.7. The predicted molar refractivity (Wildman–Crippen MR) is 238 cm³/mol. The average Bonchev–Trinajstić information content (AvgIpc) is 3.81. The second-order valence-electron chi connectivity index (χ2n) is 19.6. The Morgan fingerprint density at radius 2 is 1.20 bits per heavy atom. The monoisotopic (exact) mass is 730 g/mol.